The Kier molecular flexibility index (Phi) is 4.20. The van der Waals surface area contributed by atoms with Crippen molar-refractivity contribution in [1.29, 1.82) is 0 Å². The highest BCUT2D eigenvalue weighted by molar-refractivity contribution is 5.92. The Morgan fingerprint density at radius 1 is 1.20 bits per heavy atom. The van der Waals surface area contributed by atoms with Gasteiger partial charge in [0, 0.05) is 17.3 Å². The second-order valence-corrected chi connectivity index (χ2v) is 5.20. The van der Waals surface area contributed by atoms with Gasteiger partial charge >= 0.3 is 6.18 Å². The van der Waals surface area contributed by atoms with E-state index in [1.54, 1.807) is 24.3 Å². The molecule has 2 rings (SSSR count). The molecule has 0 bridgehead atoms. The van der Waals surface area contributed by atoms with Crippen molar-refractivity contribution in [1.82, 2.24) is 0 Å². The van der Waals surface area contributed by atoms with E-state index in [9.17, 15) is 18.0 Å². The standard InChI is InChI=1S/C14H17F3N2O/c15-14(16,17)10-6-4-9(5-7-10)13(20)19-12-3-1-2-11(18)8-12/h1-3,8-10H,4-7,18H2,(H,19,20). The Morgan fingerprint density at radius 2 is 1.85 bits per heavy atom. The number of alkyl halides is 3. The number of nitrogen functional groups attached to an aromatic ring is 1. The Morgan fingerprint density at radius 3 is 2.40 bits per heavy atom. The lowest BCUT2D eigenvalue weighted by atomic mass is 9.81. The average molecular weight is 286 g/mol. The number of halogens is 3. The molecule has 3 N–H and O–H groups in total. The highest BCUT2D eigenvalue weighted by Gasteiger charge is 2.42. The first-order valence-corrected chi connectivity index (χ1v) is 6.59. The van der Waals surface area contributed by atoms with Gasteiger partial charge in [0.05, 0.1) is 5.92 Å². The van der Waals surface area contributed by atoms with Gasteiger partial charge < -0.3 is 11.1 Å². The van der Waals surface area contributed by atoms with Gasteiger partial charge in [0.15, 0.2) is 0 Å². The first kappa shape index (κ1) is 14.7. The van der Waals surface area contributed by atoms with E-state index in [4.69, 9.17) is 5.73 Å². The third-order valence-corrected chi connectivity index (χ3v) is 3.72. The van der Waals surface area contributed by atoms with Gasteiger partial charge in [-0.3, -0.25) is 4.79 Å². The number of hydrogen-bond acceptors (Lipinski definition) is 2. The van der Waals surface area contributed by atoms with Crippen molar-refractivity contribution in [3.63, 3.8) is 0 Å². The topological polar surface area (TPSA) is 55.1 Å². The molecule has 0 saturated heterocycles. The summed E-state index contributed by atoms with van der Waals surface area (Å²) >= 11 is 0. The van der Waals surface area contributed by atoms with Crippen LogP contribution in [0.15, 0.2) is 24.3 Å². The normalized spacial score (nSPS) is 23.4. The Bertz CT molecular complexity index is 480. The van der Waals surface area contributed by atoms with Crippen LogP contribution in [0.4, 0.5) is 24.5 Å². The molecule has 20 heavy (non-hydrogen) atoms. The zero-order valence-electron chi connectivity index (χ0n) is 10.9. The molecule has 0 radical (unpaired) electrons. The molecule has 1 saturated carbocycles. The van der Waals surface area contributed by atoms with Crippen LogP contribution in [0.25, 0.3) is 0 Å². The molecule has 1 aromatic carbocycles. The Labute approximate surface area is 115 Å². The molecule has 3 nitrogen and oxygen atoms in total. The number of rotatable bonds is 2. The van der Waals surface area contributed by atoms with E-state index in [0.29, 0.717) is 11.4 Å². The minimum Gasteiger partial charge on any atom is -0.399 e. The number of benzene rings is 1. The van der Waals surface area contributed by atoms with Crippen molar-refractivity contribution in [2.75, 3.05) is 11.1 Å². The van der Waals surface area contributed by atoms with Crippen LogP contribution in [-0.4, -0.2) is 12.1 Å². The Balaban J connectivity index is 1.89. The molecule has 6 heteroatoms. The average Bonchev–Trinajstić information content (AvgIpc) is 2.38. The number of hydrogen-bond donors (Lipinski definition) is 2. The molecule has 0 atom stereocenters. The van der Waals surface area contributed by atoms with Crippen LogP contribution in [-0.2, 0) is 4.79 Å². The largest absolute Gasteiger partial charge is 0.399 e. The summed E-state index contributed by atoms with van der Waals surface area (Å²) in [5.41, 5.74) is 6.71. The number of carbonyl (C=O) groups is 1. The predicted molar refractivity (Wildman–Crippen MR) is 71.0 cm³/mol. The Hall–Kier alpha value is -1.72. The molecule has 1 aliphatic rings. The molecule has 0 spiro atoms. The second-order valence-electron chi connectivity index (χ2n) is 5.20. The van der Waals surface area contributed by atoms with Gasteiger partial charge in [-0.25, -0.2) is 0 Å². The fraction of sp³-hybridized carbons (Fsp3) is 0.500. The lowest BCUT2D eigenvalue weighted by molar-refractivity contribution is -0.184. The van der Waals surface area contributed by atoms with Crippen LogP contribution in [0.5, 0.6) is 0 Å². The molecule has 0 unspecified atom stereocenters. The maximum Gasteiger partial charge on any atom is 0.391 e. The van der Waals surface area contributed by atoms with Crippen molar-refractivity contribution in [2.45, 2.75) is 31.9 Å². The molecule has 1 amide bonds. The van der Waals surface area contributed by atoms with E-state index in [2.05, 4.69) is 5.32 Å². The van der Waals surface area contributed by atoms with Gasteiger partial charge in [-0.15, -0.1) is 0 Å². The fourth-order valence-electron chi connectivity index (χ4n) is 2.54. The molecular formula is C14H17F3N2O. The fourth-order valence-corrected chi connectivity index (χ4v) is 2.54. The number of nitrogens with one attached hydrogen (secondary N) is 1. The van der Waals surface area contributed by atoms with Crippen LogP contribution >= 0.6 is 0 Å². The maximum absolute atomic E-state index is 12.5. The molecule has 1 aliphatic carbocycles. The second kappa shape index (κ2) is 5.73. The van der Waals surface area contributed by atoms with Crippen molar-refractivity contribution in [3.05, 3.63) is 24.3 Å². The summed E-state index contributed by atoms with van der Waals surface area (Å²) in [6, 6.07) is 6.74. The van der Waals surface area contributed by atoms with E-state index < -0.39 is 12.1 Å². The molecule has 0 heterocycles. The van der Waals surface area contributed by atoms with Crippen LogP contribution in [0.1, 0.15) is 25.7 Å². The third-order valence-electron chi connectivity index (χ3n) is 3.72. The van der Waals surface area contributed by atoms with E-state index in [1.165, 1.54) is 0 Å². The van der Waals surface area contributed by atoms with Gasteiger partial charge in [0.1, 0.15) is 0 Å². The molecule has 0 aliphatic heterocycles. The quantitative estimate of drug-likeness (QED) is 0.816. The summed E-state index contributed by atoms with van der Waals surface area (Å²) in [6.45, 7) is 0. The smallest absolute Gasteiger partial charge is 0.391 e. The minimum absolute atomic E-state index is 0.0263. The van der Waals surface area contributed by atoms with E-state index in [1.807, 2.05) is 0 Å². The van der Waals surface area contributed by atoms with Crippen LogP contribution in [0.3, 0.4) is 0 Å². The van der Waals surface area contributed by atoms with Crippen molar-refractivity contribution >= 4 is 17.3 Å². The van der Waals surface area contributed by atoms with Gasteiger partial charge in [0.2, 0.25) is 5.91 Å². The summed E-state index contributed by atoms with van der Waals surface area (Å²) in [6.07, 6.45) is -3.54. The molecule has 1 aromatic rings. The highest BCUT2D eigenvalue weighted by atomic mass is 19.4. The number of anilines is 2. The number of nitrogens with two attached hydrogens (primary N) is 1. The van der Waals surface area contributed by atoms with Crippen molar-refractivity contribution < 1.29 is 18.0 Å². The first-order chi connectivity index (χ1) is 9.36. The summed E-state index contributed by atoms with van der Waals surface area (Å²) in [4.78, 5) is 12.0. The predicted octanol–water partition coefficient (Wildman–Crippen LogP) is 3.58. The summed E-state index contributed by atoms with van der Waals surface area (Å²) in [7, 11) is 0. The monoisotopic (exact) mass is 286 g/mol. The third kappa shape index (κ3) is 3.65. The summed E-state index contributed by atoms with van der Waals surface area (Å²) < 4.78 is 37.6. The molecular weight excluding hydrogens is 269 g/mol. The zero-order valence-corrected chi connectivity index (χ0v) is 10.9. The van der Waals surface area contributed by atoms with E-state index in [-0.39, 0.29) is 37.5 Å². The zero-order chi connectivity index (χ0) is 14.8. The van der Waals surface area contributed by atoms with Crippen molar-refractivity contribution in [2.24, 2.45) is 11.8 Å². The van der Waals surface area contributed by atoms with Gasteiger partial charge in [0.25, 0.3) is 0 Å². The lowest BCUT2D eigenvalue weighted by Crippen LogP contribution is -2.32. The number of carbonyl (C=O) groups excluding carboxylic acids is 1. The maximum atomic E-state index is 12.5. The first-order valence-electron chi connectivity index (χ1n) is 6.59. The molecule has 1 fully saturated rings. The van der Waals surface area contributed by atoms with Crippen molar-refractivity contribution in [3.8, 4) is 0 Å². The number of amides is 1. The van der Waals surface area contributed by atoms with E-state index >= 15 is 0 Å². The van der Waals surface area contributed by atoms with Crippen LogP contribution in [0, 0.1) is 11.8 Å². The molecule has 0 aromatic heterocycles. The van der Waals surface area contributed by atoms with Crippen LogP contribution < -0.4 is 11.1 Å². The molecule has 110 valence electrons. The van der Waals surface area contributed by atoms with Gasteiger partial charge in [-0.05, 0) is 43.9 Å². The highest BCUT2D eigenvalue weighted by Crippen LogP contribution is 2.39. The minimum atomic E-state index is -4.14. The summed E-state index contributed by atoms with van der Waals surface area (Å²) in [5.74, 6) is -1.84. The SMILES string of the molecule is Nc1cccc(NC(=O)C2CCC(C(F)(F)F)CC2)c1. The summed E-state index contributed by atoms with van der Waals surface area (Å²) in [5, 5.41) is 2.71. The van der Waals surface area contributed by atoms with Gasteiger partial charge in [-0.2, -0.15) is 13.2 Å². The van der Waals surface area contributed by atoms with Crippen LogP contribution in [0.2, 0.25) is 0 Å². The van der Waals surface area contributed by atoms with E-state index in [0.717, 1.165) is 0 Å². The van der Waals surface area contributed by atoms with Gasteiger partial charge in [-0.1, -0.05) is 6.07 Å². The lowest BCUT2D eigenvalue weighted by Gasteiger charge is -2.29.